The maximum Gasteiger partial charge on any atom is 0.418 e. The fraction of sp³-hybridized carbons (Fsp3) is 0.500. The van der Waals surface area contributed by atoms with Gasteiger partial charge in [0.2, 0.25) is 5.91 Å². The molecule has 1 saturated heterocycles. The monoisotopic (exact) mass is 381 g/mol. The van der Waals surface area contributed by atoms with Crippen LogP contribution in [0.1, 0.15) is 25.3 Å². The average molecular weight is 381 g/mol. The van der Waals surface area contributed by atoms with E-state index in [-0.39, 0.29) is 29.4 Å². The van der Waals surface area contributed by atoms with E-state index in [1.54, 1.807) is 0 Å². The van der Waals surface area contributed by atoms with Gasteiger partial charge in [-0.05, 0) is 24.5 Å². The predicted molar refractivity (Wildman–Crippen MR) is 96.1 cm³/mol. The number of alkyl halides is 3. The predicted octanol–water partition coefficient (Wildman–Crippen LogP) is 2.33. The van der Waals surface area contributed by atoms with E-state index in [0.29, 0.717) is 31.2 Å². The Hall–Kier alpha value is -2.42. The van der Waals surface area contributed by atoms with E-state index in [1.165, 1.54) is 18.5 Å². The van der Waals surface area contributed by atoms with Crippen LogP contribution in [0.15, 0.2) is 24.5 Å². The standard InChI is InChI=1S/C18H22F3N5O/c1-11-8-12(23-5-4-15(22)27)10-26(9-11)14-3-2-13(18(19,20)21)16-17(14)25-7-6-24-16/h2-3,6-7,11-12,23H,4-5,8-10H2,1H3,(H2,22,27). The summed E-state index contributed by atoms with van der Waals surface area (Å²) in [5, 5.41) is 3.31. The molecule has 2 atom stereocenters. The number of fused-ring (bicyclic) bond motifs is 1. The molecule has 1 aromatic heterocycles. The molecular weight excluding hydrogens is 359 g/mol. The highest BCUT2D eigenvalue weighted by Crippen LogP contribution is 2.37. The fourth-order valence-electron chi connectivity index (χ4n) is 3.62. The lowest BCUT2D eigenvalue weighted by atomic mass is 9.95. The second-order valence-corrected chi connectivity index (χ2v) is 7.00. The molecule has 2 unspecified atom stereocenters. The van der Waals surface area contributed by atoms with Crippen LogP contribution in [0.5, 0.6) is 0 Å². The number of piperidine rings is 1. The Labute approximate surface area is 155 Å². The highest BCUT2D eigenvalue weighted by atomic mass is 19.4. The highest BCUT2D eigenvalue weighted by Gasteiger charge is 2.35. The Balaban J connectivity index is 1.89. The molecule has 146 valence electrons. The van der Waals surface area contributed by atoms with E-state index in [0.717, 1.165) is 12.5 Å². The van der Waals surface area contributed by atoms with Gasteiger partial charge >= 0.3 is 6.18 Å². The molecule has 3 rings (SSSR count). The summed E-state index contributed by atoms with van der Waals surface area (Å²) in [4.78, 5) is 21.1. The van der Waals surface area contributed by atoms with Crippen LogP contribution in [0.4, 0.5) is 18.9 Å². The van der Waals surface area contributed by atoms with Crippen molar-refractivity contribution in [3.05, 3.63) is 30.1 Å². The Kier molecular flexibility index (Phi) is 5.50. The van der Waals surface area contributed by atoms with Gasteiger partial charge in [-0.1, -0.05) is 6.92 Å². The molecule has 0 radical (unpaired) electrons. The molecule has 0 bridgehead atoms. The minimum Gasteiger partial charge on any atom is -0.370 e. The number of rotatable bonds is 5. The number of hydrogen-bond acceptors (Lipinski definition) is 5. The number of primary amides is 1. The van der Waals surface area contributed by atoms with Crippen molar-refractivity contribution in [2.45, 2.75) is 32.0 Å². The van der Waals surface area contributed by atoms with E-state index in [2.05, 4.69) is 22.2 Å². The molecule has 3 N–H and O–H groups in total. The summed E-state index contributed by atoms with van der Waals surface area (Å²) in [5.41, 5.74) is 5.13. The molecular formula is C18H22F3N5O. The number of anilines is 1. The summed E-state index contributed by atoms with van der Waals surface area (Å²) in [6, 6.07) is 2.65. The van der Waals surface area contributed by atoms with Crippen molar-refractivity contribution >= 4 is 22.6 Å². The number of benzene rings is 1. The minimum atomic E-state index is -4.49. The van der Waals surface area contributed by atoms with Gasteiger partial charge in [0.1, 0.15) is 11.0 Å². The van der Waals surface area contributed by atoms with Crippen molar-refractivity contribution in [3.8, 4) is 0 Å². The molecule has 0 saturated carbocycles. The summed E-state index contributed by atoms with van der Waals surface area (Å²) < 4.78 is 39.9. The van der Waals surface area contributed by atoms with Crippen molar-refractivity contribution in [1.29, 1.82) is 0 Å². The van der Waals surface area contributed by atoms with Crippen molar-refractivity contribution < 1.29 is 18.0 Å². The minimum absolute atomic E-state index is 0.113. The number of nitrogens with zero attached hydrogens (tertiary/aromatic N) is 3. The Morgan fingerprint density at radius 1 is 1.26 bits per heavy atom. The normalized spacial score (nSPS) is 20.8. The Morgan fingerprint density at radius 3 is 2.63 bits per heavy atom. The van der Waals surface area contributed by atoms with Crippen molar-refractivity contribution in [2.24, 2.45) is 11.7 Å². The number of aromatic nitrogens is 2. The molecule has 0 aliphatic carbocycles. The van der Waals surface area contributed by atoms with Crippen LogP contribution >= 0.6 is 0 Å². The van der Waals surface area contributed by atoms with Crippen molar-refractivity contribution in [2.75, 3.05) is 24.5 Å². The lowest BCUT2D eigenvalue weighted by molar-refractivity contribution is -0.136. The van der Waals surface area contributed by atoms with E-state index >= 15 is 0 Å². The van der Waals surface area contributed by atoms with Crippen molar-refractivity contribution in [1.82, 2.24) is 15.3 Å². The first-order valence-corrected chi connectivity index (χ1v) is 8.83. The SMILES string of the molecule is CC1CC(NCCC(N)=O)CN(c2ccc(C(F)(F)F)c3nccnc23)C1. The molecule has 6 nitrogen and oxygen atoms in total. The van der Waals surface area contributed by atoms with Gasteiger partial charge in [0.25, 0.3) is 0 Å². The van der Waals surface area contributed by atoms with Crippen LogP contribution in [0.3, 0.4) is 0 Å². The second-order valence-electron chi connectivity index (χ2n) is 7.00. The summed E-state index contributed by atoms with van der Waals surface area (Å²) in [6.45, 7) is 3.90. The topological polar surface area (TPSA) is 84.1 Å². The van der Waals surface area contributed by atoms with Gasteiger partial charge in [-0.3, -0.25) is 14.8 Å². The summed E-state index contributed by atoms with van der Waals surface area (Å²) in [5.74, 6) is -0.0361. The van der Waals surface area contributed by atoms with Gasteiger partial charge in [-0.25, -0.2) is 0 Å². The third-order valence-electron chi connectivity index (χ3n) is 4.71. The van der Waals surface area contributed by atoms with Crippen molar-refractivity contribution in [3.63, 3.8) is 0 Å². The Bertz CT molecular complexity index is 826. The van der Waals surface area contributed by atoms with Gasteiger partial charge in [0, 0.05) is 44.5 Å². The third kappa shape index (κ3) is 4.47. The molecule has 1 aromatic carbocycles. The number of nitrogens with one attached hydrogen (secondary N) is 1. The number of halogens is 3. The largest absolute Gasteiger partial charge is 0.418 e. The third-order valence-corrected chi connectivity index (χ3v) is 4.71. The zero-order valence-electron chi connectivity index (χ0n) is 15.0. The van der Waals surface area contributed by atoms with Crippen LogP contribution in [-0.4, -0.2) is 41.6 Å². The van der Waals surface area contributed by atoms with Gasteiger partial charge < -0.3 is 16.0 Å². The maximum atomic E-state index is 13.3. The average Bonchev–Trinajstić information content (AvgIpc) is 2.59. The molecule has 2 heterocycles. The number of carbonyl (C=O) groups excluding carboxylic acids is 1. The van der Waals surface area contributed by atoms with Gasteiger partial charge in [-0.15, -0.1) is 0 Å². The quantitative estimate of drug-likeness (QED) is 0.831. The first kappa shape index (κ1) is 19.3. The van der Waals surface area contributed by atoms with Gasteiger partial charge in [0.05, 0.1) is 11.3 Å². The number of nitrogens with two attached hydrogens (primary N) is 1. The van der Waals surface area contributed by atoms with E-state index in [9.17, 15) is 18.0 Å². The molecule has 1 amide bonds. The first-order valence-electron chi connectivity index (χ1n) is 8.83. The molecule has 9 heteroatoms. The molecule has 27 heavy (non-hydrogen) atoms. The first-order chi connectivity index (χ1) is 12.8. The van der Waals surface area contributed by atoms with Crippen LogP contribution in [-0.2, 0) is 11.0 Å². The van der Waals surface area contributed by atoms with Gasteiger partial charge in [-0.2, -0.15) is 13.2 Å². The highest BCUT2D eigenvalue weighted by molar-refractivity contribution is 5.90. The molecule has 1 aliphatic rings. The second kappa shape index (κ2) is 7.67. The summed E-state index contributed by atoms with van der Waals surface area (Å²) in [6.07, 6.45) is -0.643. The van der Waals surface area contributed by atoms with Crippen LogP contribution in [0.2, 0.25) is 0 Å². The fourth-order valence-corrected chi connectivity index (χ4v) is 3.62. The summed E-state index contributed by atoms with van der Waals surface area (Å²) >= 11 is 0. The maximum absolute atomic E-state index is 13.3. The van der Waals surface area contributed by atoms with E-state index < -0.39 is 11.7 Å². The summed E-state index contributed by atoms with van der Waals surface area (Å²) in [7, 11) is 0. The lowest BCUT2D eigenvalue weighted by Crippen LogP contribution is -2.49. The molecule has 1 fully saturated rings. The molecule has 2 aromatic rings. The zero-order valence-corrected chi connectivity index (χ0v) is 15.0. The van der Waals surface area contributed by atoms with Crippen LogP contribution in [0, 0.1) is 5.92 Å². The van der Waals surface area contributed by atoms with Crippen LogP contribution < -0.4 is 16.0 Å². The number of carbonyl (C=O) groups is 1. The molecule has 0 spiro atoms. The van der Waals surface area contributed by atoms with Gasteiger partial charge in [0.15, 0.2) is 0 Å². The number of amides is 1. The lowest BCUT2D eigenvalue weighted by Gasteiger charge is -2.38. The van der Waals surface area contributed by atoms with Crippen LogP contribution in [0.25, 0.3) is 11.0 Å². The number of hydrogen-bond donors (Lipinski definition) is 2. The van der Waals surface area contributed by atoms with E-state index in [4.69, 9.17) is 5.73 Å². The zero-order chi connectivity index (χ0) is 19.6. The van der Waals surface area contributed by atoms with E-state index in [1.807, 2.05) is 4.90 Å². The Morgan fingerprint density at radius 2 is 1.96 bits per heavy atom. The smallest absolute Gasteiger partial charge is 0.370 e. The molecule has 1 aliphatic heterocycles.